The molecule has 214 valence electrons. The third-order valence-electron chi connectivity index (χ3n) is 7.63. The second-order valence-electron chi connectivity index (χ2n) is 10.3. The normalized spacial score (nSPS) is 14.9. The Balaban J connectivity index is 1.38. The number of nitrogens with zero attached hydrogens (tertiary/aromatic N) is 4. The SMILES string of the molecule is CCOC(=O)N1CCC(n2nc(COc3ccccc3CC(=O)O)c3cc(-c4ccc5ccnc(N)c5c4)ccc32)C1. The van der Waals surface area contributed by atoms with Gasteiger partial charge in [-0.05, 0) is 60.2 Å². The molecule has 0 radical (unpaired) electrons. The average Bonchev–Trinajstić information content (AvgIpc) is 3.62. The first-order valence-corrected chi connectivity index (χ1v) is 13.9. The summed E-state index contributed by atoms with van der Waals surface area (Å²) in [6.45, 7) is 3.35. The fraction of sp³-hybridized carbons (Fsp3) is 0.250. The highest BCUT2D eigenvalue weighted by Crippen LogP contribution is 2.33. The molecule has 2 aromatic heterocycles. The maximum absolute atomic E-state index is 12.4. The minimum Gasteiger partial charge on any atom is -0.487 e. The summed E-state index contributed by atoms with van der Waals surface area (Å²) in [7, 11) is 0. The molecule has 1 unspecified atom stereocenters. The van der Waals surface area contributed by atoms with Gasteiger partial charge in [0, 0.05) is 35.6 Å². The van der Waals surface area contributed by atoms with Crippen LogP contribution < -0.4 is 10.5 Å². The van der Waals surface area contributed by atoms with E-state index in [-0.39, 0.29) is 25.2 Å². The number of ether oxygens (including phenoxy) is 2. The lowest BCUT2D eigenvalue weighted by Gasteiger charge is -2.16. The van der Waals surface area contributed by atoms with Crippen molar-refractivity contribution in [1.82, 2.24) is 19.7 Å². The first-order chi connectivity index (χ1) is 20.4. The Kier molecular flexibility index (Phi) is 7.35. The number of carboxylic acids is 1. The predicted octanol–water partition coefficient (Wildman–Crippen LogP) is 5.44. The van der Waals surface area contributed by atoms with Crippen molar-refractivity contribution >= 4 is 39.6 Å². The quantitative estimate of drug-likeness (QED) is 0.254. The van der Waals surface area contributed by atoms with Gasteiger partial charge in [0.15, 0.2) is 0 Å². The summed E-state index contributed by atoms with van der Waals surface area (Å²) in [5.74, 6) is 0.0550. The Bertz CT molecular complexity index is 1800. The van der Waals surface area contributed by atoms with Gasteiger partial charge in [0.1, 0.15) is 23.9 Å². The van der Waals surface area contributed by atoms with Gasteiger partial charge in [-0.1, -0.05) is 36.4 Å². The van der Waals surface area contributed by atoms with Crippen LogP contribution >= 0.6 is 0 Å². The number of likely N-dealkylation sites (tertiary alicyclic amines) is 1. The zero-order valence-corrected chi connectivity index (χ0v) is 23.2. The summed E-state index contributed by atoms with van der Waals surface area (Å²) in [6.07, 6.45) is 1.99. The van der Waals surface area contributed by atoms with Crippen molar-refractivity contribution < 1.29 is 24.2 Å². The lowest BCUT2D eigenvalue weighted by atomic mass is 10.00. The molecule has 3 aromatic carbocycles. The molecule has 1 saturated heterocycles. The molecule has 10 nitrogen and oxygen atoms in total. The van der Waals surface area contributed by atoms with Gasteiger partial charge in [-0.3, -0.25) is 9.48 Å². The number of amides is 1. The number of pyridine rings is 1. The van der Waals surface area contributed by atoms with Crippen LogP contribution in [0.1, 0.15) is 30.6 Å². The summed E-state index contributed by atoms with van der Waals surface area (Å²) in [6, 6.07) is 21.4. The Morgan fingerprint density at radius 3 is 2.64 bits per heavy atom. The van der Waals surface area contributed by atoms with E-state index >= 15 is 0 Å². The van der Waals surface area contributed by atoms with Crippen molar-refractivity contribution in [3.8, 4) is 16.9 Å². The smallest absolute Gasteiger partial charge is 0.409 e. The van der Waals surface area contributed by atoms with E-state index in [1.807, 2.05) is 35.0 Å². The number of aromatic nitrogens is 3. The molecule has 6 rings (SSSR count). The lowest BCUT2D eigenvalue weighted by molar-refractivity contribution is -0.136. The summed E-state index contributed by atoms with van der Waals surface area (Å²) >= 11 is 0. The summed E-state index contributed by atoms with van der Waals surface area (Å²) in [5, 5.41) is 17.1. The number of anilines is 1. The average molecular weight is 566 g/mol. The Morgan fingerprint density at radius 2 is 1.83 bits per heavy atom. The maximum atomic E-state index is 12.4. The molecule has 1 fully saturated rings. The van der Waals surface area contributed by atoms with Gasteiger partial charge in [0.05, 0.1) is 24.6 Å². The Labute approximate surface area is 242 Å². The van der Waals surface area contributed by atoms with Crippen LogP contribution in [0.5, 0.6) is 5.75 Å². The number of hydrogen-bond donors (Lipinski definition) is 2. The van der Waals surface area contributed by atoms with Crippen molar-refractivity contribution in [2.24, 2.45) is 0 Å². The second-order valence-corrected chi connectivity index (χ2v) is 10.3. The van der Waals surface area contributed by atoms with Crippen LogP contribution in [-0.4, -0.2) is 56.5 Å². The minimum absolute atomic E-state index is 0.0256. The van der Waals surface area contributed by atoms with Gasteiger partial charge < -0.3 is 25.2 Å². The number of aliphatic carboxylic acids is 1. The van der Waals surface area contributed by atoms with E-state index in [0.29, 0.717) is 42.5 Å². The van der Waals surface area contributed by atoms with Crippen molar-refractivity contribution in [1.29, 1.82) is 0 Å². The molecule has 1 amide bonds. The lowest BCUT2D eigenvalue weighted by Crippen LogP contribution is -2.29. The van der Waals surface area contributed by atoms with Crippen LogP contribution in [0.2, 0.25) is 0 Å². The van der Waals surface area contributed by atoms with Crippen molar-refractivity contribution in [3.05, 3.63) is 84.2 Å². The number of nitrogen functional groups attached to an aromatic ring is 1. The second kappa shape index (κ2) is 11.4. The molecule has 0 aliphatic carbocycles. The summed E-state index contributed by atoms with van der Waals surface area (Å²) in [5.41, 5.74) is 10.4. The number of benzene rings is 3. The van der Waals surface area contributed by atoms with E-state index in [1.165, 1.54) is 0 Å². The number of carbonyl (C=O) groups excluding carboxylic acids is 1. The number of rotatable bonds is 8. The first kappa shape index (κ1) is 27.1. The number of carboxylic acid groups (broad SMARTS) is 1. The zero-order valence-electron chi connectivity index (χ0n) is 23.2. The summed E-state index contributed by atoms with van der Waals surface area (Å²) in [4.78, 5) is 29.7. The van der Waals surface area contributed by atoms with E-state index in [4.69, 9.17) is 20.3 Å². The molecule has 0 saturated carbocycles. The number of nitrogens with two attached hydrogens (primary N) is 1. The molecule has 1 aliphatic heterocycles. The molecular weight excluding hydrogens is 534 g/mol. The molecule has 3 N–H and O–H groups in total. The fourth-order valence-electron chi connectivity index (χ4n) is 5.56. The maximum Gasteiger partial charge on any atom is 0.409 e. The molecule has 3 heterocycles. The fourth-order valence-corrected chi connectivity index (χ4v) is 5.56. The van der Waals surface area contributed by atoms with Crippen LogP contribution in [0, 0.1) is 0 Å². The molecule has 1 atom stereocenters. The minimum atomic E-state index is -0.927. The third-order valence-corrected chi connectivity index (χ3v) is 7.63. The Hall–Kier alpha value is -5.12. The highest BCUT2D eigenvalue weighted by molar-refractivity contribution is 5.95. The molecule has 42 heavy (non-hydrogen) atoms. The van der Waals surface area contributed by atoms with Crippen LogP contribution in [0.4, 0.5) is 10.6 Å². The third kappa shape index (κ3) is 5.30. The topological polar surface area (TPSA) is 133 Å². The Morgan fingerprint density at radius 1 is 1.05 bits per heavy atom. The predicted molar refractivity (Wildman–Crippen MR) is 159 cm³/mol. The molecule has 10 heteroatoms. The summed E-state index contributed by atoms with van der Waals surface area (Å²) < 4.78 is 13.4. The first-order valence-electron chi connectivity index (χ1n) is 13.9. The van der Waals surface area contributed by atoms with Gasteiger partial charge in [-0.15, -0.1) is 0 Å². The van der Waals surface area contributed by atoms with Crippen LogP contribution in [0.3, 0.4) is 0 Å². The number of carbonyl (C=O) groups is 2. The van der Waals surface area contributed by atoms with Gasteiger partial charge in [-0.2, -0.15) is 5.10 Å². The molecule has 0 spiro atoms. The molecular formula is C32H31N5O5. The molecule has 5 aromatic rings. The largest absolute Gasteiger partial charge is 0.487 e. The van der Waals surface area contributed by atoms with E-state index in [2.05, 4.69) is 23.2 Å². The molecule has 0 bridgehead atoms. The van der Waals surface area contributed by atoms with Gasteiger partial charge in [-0.25, -0.2) is 9.78 Å². The zero-order chi connectivity index (χ0) is 29.2. The monoisotopic (exact) mass is 565 g/mol. The van der Waals surface area contributed by atoms with Crippen molar-refractivity contribution in [2.45, 2.75) is 32.4 Å². The number of hydrogen-bond acceptors (Lipinski definition) is 7. The van der Waals surface area contributed by atoms with Crippen LogP contribution in [-0.2, 0) is 22.6 Å². The van der Waals surface area contributed by atoms with Gasteiger partial charge in [0.25, 0.3) is 0 Å². The number of fused-ring (bicyclic) bond motifs is 2. The van der Waals surface area contributed by atoms with E-state index in [9.17, 15) is 14.7 Å². The van der Waals surface area contributed by atoms with E-state index < -0.39 is 5.97 Å². The van der Waals surface area contributed by atoms with E-state index in [1.54, 1.807) is 36.2 Å². The van der Waals surface area contributed by atoms with Crippen LogP contribution in [0.25, 0.3) is 32.8 Å². The number of para-hydroxylation sites is 1. The van der Waals surface area contributed by atoms with Crippen molar-refractivity contribution in [3.63, 3.8) is 0 Å². The van der Waals surface area contributed by atoms with Crippen molar-refractivity contribution in [2.75, 3.05) is 25.4 Å². The van der Waals surface area contributed by atoms with E-state index in [0.717, 1.165) is 39.2 Å². The highest BCUT2D eigenvalue weighted by Gasteiger charge is 2.30. The molecule has 1 aliphatic rings. The highest BCUT2D eigenvalue weighted by atomic mass is 16.6. The van der Waals surface area contributed by atoms with Gasteiger partial charge in [0.2, 0.25) is 0 Å². The van der Waals surface area contributed by atoms with Gasteiger partial charge >= 0.3 is 12.1 Å². The standard InChI is InChI=1S/C32H31N5O5/c1-2-41-32(40)36-14-12-24(18-36)37-28-10-9-22(21-8-7-20-11-13-34-31(33)25(20)15-21)16-26(28)27(35-37)19-42-29-6-4-3-5-23(29)17-30(38)39/h3-11,13,15-16,24H,2,12,14,17-19H2,1H3,(H2,33,34)(H,38,39). The van der Waals surface area contributed by atoms with Crippen LogP contribution in [0.15, 0.2) is 72.9 Å².